The molecule has 1 aromatic carbocycles. The smallest absolute Gasteiger partial charge is 0.399 e. The van der Waals surface area contributed by atoms with Gasteiger partial charge in [-0.2, -0.15) is 4.31 Å². The number of piperidine rings is 1. The van der Waals surface area contributed by atoms with Crippen LogP contribution in [0.1, 0.15) is 47.0 Å². The molecule has 160 valence electrons. The molecule has 3 aliphatic heterocycles. The molecule has 0 N–H and O–H groups in total. The van der Waals surface area contributed by atoms with Crippen LogP contribution in [0, 0.1) is 5.82 Å². The Hall–Kier alpha value is -1.16. The molecule has 0 amide bonds. The van der Waals surface area contributed by atoms with Crippen LogP contribution in [0.5, 0.6) is 0 Å². The average molecular weight is 424 g/mol. The summed E-state index contributed by atoms with van der Waals surface area (Å²) >= 11 is 0. The van der Waals surface area contributed by atoms with Gasteiger partial charge in [0.05, 0.1) is 22.6 Å². The number of hydrogen-bond donors (Lipinski definition) is 0. The second kappa shape index (κ2) is 7.22. The lowest BCUT2D eigenvalue weighted by molar-refractivity contribution is 0.00578. The molecule has 0 atom stereocenters. The zero-order valence-corrected chi connectivity index (χ0v) is 18.5. The van der Waals surface area contributed by atoms with Crippen molar-refractivity contribution in [3.63, 3.8) is 0 Å². The first kappa shape index (κ1) is 21.1. The molecule has 29 heavy (non-hydrogen) atoms. The van der Waals surface area contributed by atoms with Gasteiger partial charge in [0, 0.05) is 31.1 Å². The van der Waals surface area contributed by atoms with E-state index in [-0.39, 0.29) is 17.6 Å². The van der Waals surface area contributed by atoms with Crippen LogP contribution in [0.15, 0.2) is 18.2 Å². The number of hydrogen-bond acceptors (Lipinski definition) is 5. The number of benzene rings is 1. The maximum atomic E-state index is 15.4. The van der Waals surface area contributed by atoms with E-state index in [2.05, 4.69) is 0 Å². The van der Waals surface area contributed by atoms with E-state index in [1.165, 1.54) is 0 Å². The highest BCUT2D eigenvalue weighted by atomic mass is 32.2. The minimum atomic E-state index is -3.11. The van der Waals surface area contributed by atoms with Crippen molar-refractivity contribution in [2.45, 2.75) is 64.2 Å². The van der Waals surface area contributed by atoms with E-state index >= 15 is 4.39 Å². The summed E-state index contributed by atoms with van der Waals surface area (Å²) in [6, 6.07) is 5.34. The Bertz CT molecular complexity index is 868. The third-order valence-electron chi connectivity index (χ3n) is 6.87. The van der Waals surface area contributed by atoms with Crippen LogP contribution in [-0.4, -0.2) is 62.5 Å². The van der Waals surface area contributed by atoms with Crippen molar-refractivity contribution in [3.8, 4) is 0 Å². The highest BCUT2D eigenvalue weighted by molar-refractivity contribution is 7.89. The molecule has 3 heterocycles. The molecule has 6 nitrogen and oxygen atoms in total. The zero-order chi connectivity index (χ0) is 21.0. The van der Waals surface area contributed by atoms with Crippen molar-refractivity contribution in [2.75, 3.05) is 30.3 Å². The van der Waals surface area contributed by atoms with Gasteiger partial charge in [0.15, 0.2) is 0 Å². The molecule has 3 saturated heterocycles. The number of nitrogens with zero attached hydrogens (tertiary/aromatic N) is 2. The monoisotopic (exact) mass is 424 g/mol. The Morgan fingerprint density at radius 2 is 1.69 bits per heavy atom. The van der Waals surface area contributed by atoms with Crippen molar-refractivity contribution in [1.82, 2.24) is 4.31 Å². The summed E-state index contributed by atoms with van der Waals surface area (Å²) in [5, 5.41) is 0. The lowest BCUT2D eigenvalue weighted by atomic mass is 9.78. The minimum absolute atomic E-state index is 0.0214. The van der Waals surface area contributed by atoms with Crippen LogP contribution >= 0.6 is 0 Å². The van der Waals surface area contributed by atoms with Gasteiger partial charge >= 0.3 is 7.12 Å². The van der Waals surface area contributed by atoms with Gasteiger partial charge in [-0.3, -0.25) is 0 Å². The van der Waals surface area contributed by atoms with Crippen molar-refractivity contribution >= 4 is 28.3 Å². The second-order valence-corrected chi connectivity index (χ2v) is 11.3. The number of rotatable bonds is 3. The summed E-state index contributed by atoms with van der Waals surface area (Å²) in [5.74, 6) is -0.0731. The normalized spacial score (nSPS) is 26.9. The summed E-state index contributed by atoms with van der Waals surface area (Å²) in [7, 11) is -3.85. The van der Waals surface area contributed by atoms with Gasteiger partial charge in [-0.15, -0.1) is 0 Å². The van der Waals surface area contributed by atoms with E-state index in [0.29, 0.717) is 50.0 Å². The first-order valence-electron chi connectivity index (χ1n) is 10.4. The zero-order valence-electron chi connectivity index (χ0n) is 17.7. The fraction of sp³-hybridized carbons (Fsp3) is 0.700. The van der Waals surface area contributed by atoms with Gasteiger partial charge in [0.25, 0.3) is 0 Å². The SMILES string of the molecule is CC1(C)OB(c2cccc(N3CCC(N4CCCS4(=O)=O)CC3)c2F)OC1(C)C. The van der Waals surface area contributed by atoms with Gasteiger partial charge in [-0.05, 0) is 53.0 Å². The molecule has 0 aromatic heterocycles. The highest BCUT2D eigenvalue weighted by Gasteiger charge is 2.52. The molecule has 0 radical (unpaired) electrons. The van der Waals surface area contributed by atoms with Gasteiger partial charge in [-0.25, -0.2) is 12.8 Å². The Balaban J connectivity index is 1.49. The first-order chi connectivity index (χ1) is 13.5. The summed E-state index contributed by atoms with van der Waals surface area (Å²) < 4.78 is 53.5. The predicted octanol–water partition coefficient (Wildman–Crippen LogP) is 2.13. The molecule has 0 bridgehead atoms. The van der Waals surface area contributed by atoms with Crippen LogP contribution in [0.2, 0.25) is 0 Å². The second-order valence-electron chi connectivity index (χ2n) is 9.27. The summed E-state index contributed by atoms with van der Waals surface area (Å²) in [6.45, 7) is 9.66. The van der Waals surface area contributed by atoms with E-state index in [4.69, 9.17) is 9.31 Å². The van der Waals surface area contributed by atoms with Crippen molar-refractivity contribution in [2.24, 2.45) is 0 Å². The molecule has 1 aromatic rings. The first-order valence-corrected chi connectivity index (χ1v) is 12.0. The summed E-state index contributed by atoms with van der Waals surface area (Å²) in [6.07, 6.45) is 2.12. The van der Waals surface area contributed by atoms with Gasteiger partial charge in [0.2, 0.25) is 10.0 Å². The summed E-state index contributed by atoms with van der Waals surface area (Å²) in [5.41, 5.74) is -0.121. The van der Waals surface area contributed by atoms with Gasteiger partial charge < -0.3 is 14.2 Å². The molecule has 3 aliphatic rings. The summed E-state index contributed by atoms with van der Waals surface area (Å²) in [4.78, 5) is 2.00. The van der Waals surface area contributed by atoms with E-state index in [9.17, 15) is 8.42 Å². The number of sulfonamides is 1. The van der Waals surface area contributed by atoms with E-state index < -0.39 is 28.3 Å². The van der Waals surface area contributed by atoms with Crippen LogP contribution < -0.4 is 10.4 Å². The van der Waals surface area contributed by atoms with Crippen molar-refractivity contribution in [1.29, 1.82) is 0 Å². The van der Waals surface area contributed by atoms with Crippen molar-refractivity contribution < 1.29 is 22.1 Å². The lowest BCUT2D eigenvalue weighted by Gasteiger charge is -2.37. The van der Waals surface area contributed by atoms with Crippen molar-refractivity contribution in [3.05, 3.63) is 24.0 Å². The van der Waals surface area contributed by atoms with Gasteiger partial charge in [-0.1, -0.05) is 12.1 Å². The number of anilines is 1. The third-order valence-corrected chi connectivity index (χ3v) is 8.87. The predicted molar refractivity (Wildman–Crippen MR) is 112 cm³/mol. The van der Waals surface area contributed by atoms with E-state index in [1.807, 2.05) is 38.7 Å². The molecular formula is C20H30BFN2O4S. The Morgan fingerprint density at radius 1 is 1.07 bits per heavy atom. The van der Waals surface area contributed by atoms with Crippen LogP contribution in [0.3, 0.4) is 0 Å². The Labute approximate surface area is 173 Å². The maximum absolute atomic E-state index is 15.4. The minimum Gasteiger partial charge on any atom is -0.399 e. The van der Waals surface area contributed by atoms with Crippen LogP contribution in [-0.2, 0) is 19.3 Å². The Kier molecular flexibility index (Phi) is 5.25. The largest absolute Gasteiger partial charge is 0.497 e. The molecule has 0 saturated carbocycles. The van der Waals surface area contributed by atoms with E-state index in [1.54, 1.807) is 16.4 Å². The topological polar surface area (TPSA) is 59.1 Å². The van der Waals surface area contributed by atoms with Crippen LogP contribution in [0.25, 0.3) is 0 Å². The molecule has 4 rings (SSSR count). The molecule has 3 fully saturated rings. The molecule has 9 heteroatoms. The fourth-order valence-corrected chi connectivity index (χ4v) is 6.20. The molecule has 0 aliphatic carbocycles. The van der Waals surface area contributed by atoms with E-state index in [0.717, 1.165) is 0 Å². The average Bonchev–Trinajstić information content (AvgIpc) is 3.10. The highest BCUT2D eigenvalue weighted by Crippen LogP contribution is 2.37. The van der Waals surface area contributed by atoms with Gasteiger partial charge in [0.1, 0.15) is 5.82 Å². The lowest BCUT2D eigenvalue weighted by Crippen LogP contribution is -2.46. The quantitative estimate of drug-likeness (QED) is 0.696. The standard InChI is InChI=1S/C20H30BFN2O4S/c1-19(2)20(3,4)28-21(27-19)16-7-5-8-17(18(16)22)23-12-9-15(10-13-23)24-11-6-14-29(24,25)26/h5,7-8,15H,6,9-14H2,1-4H3. The number of halogens is 1. The molecular weight excluding hydrogens is 394 g/mol. The third kappa shape index (κ3) is 3.71. The molecule has 0 unspecified atom stereocenters. The fourth-order valence-electron chi connectivity index (χ4n) is 4.40. The van der Waals surface area contributed by atoms with Crippen LogP contribution in [0.4, 0.5) is 10.1 Å². The maximum Gasteiger partial charge on any atom is 0.497 e. The molecule has 0 spiro atoms. The Morgan fingerprint density at radius 3 is 2.24 bits per heavy atom.